The fourth-order valence-electron chi connectivity index (χ4n) is 1.79. The number of hydrogen-bond donors (Lipinski definition) is 2. The third-order valence-electron chi connectivity index (χ3n) is 2.69. The van der Waals surface area contributed by atoms with Gasteiger partial charge in [0.1, 0.15) is 10.7 Å². The first-order chi connectivity index (χ1) is 9.72. The van der Waals surface area contributed by atoms with E-state index in [1.807, 2.05) is 29.6 Å². The number of carbonyl (C=O) groups excluding carboxylic acids is 1. The van der Waals surface area contributed by atoms with Crippen molar-refractivity contribution in [2.75, 3.05) is 5.32 Å². The number of halogens is 1. The van der Waals surface area contributed by atoms with Gasteiger partial charge in [0.05, 0.1) is 5.02 Å². The van der Waals surface area contributed by atoms with Crippen molar-refractivity contribution in [3.05, 3.63) is 58.8 Å². The standard InChI is InChI=1S/C14H10ClN3OS/c15-10-7-12(17-8-10)13(19)18-11-3-1-2-9(6-11)14-16-4-5-20-14/h1-8,17H,(H,18,19). The normalized spacial score (nSPS) is 10.4. The van der Waals surface area contributed by atoms with Gasteiger partial charge < -0.3 is 10.3 Å². The summed E-state index contributed by atoms with van der Waals surface area (Å²) in [6.07, 6.45) is 3.33. The molecule has 3 aromatic rings. The Hall–Kier alpha value is -2.11. The molecule has 2 heterocycles. The molecular formula is C14H10ClN3OS. The zero-order valence-corrected chi connectivity index (χ0v) is 11.8. The summed E-state index contributed by atoms with van der Waals surface area (Å²) >= 11 is 7.34. The average Bonchev–Trinajstić information content (AvgIpc) is 3.10. The highest BCUT2D eigenvalue weighted by Crippen LogP contribution is 2.24. The molecule has 0 unspecified atom stereocenters. The van der Waals surface area contributed by atoms with Crippen LogP contribution in [0.3, 0.4) is 0 Å². The number of hydrogen-bond acceptors (Lipinski definition) is 3. The van der Waals surface area contributed by atoms with E-state index < -0.39 is 0 Å². The highest BCUT2D eigenvalue weighted by Gasteiger charge is 2.09. The number of anilines is 1. The summed E-state index contributed by atoms with van der Waals surface area (Å²) in [6, 6.07) is 9.15. The van der Waals surface area contributed by atoms with Crippen molar-refractivity contribution >= 4 is 34.5 Å². The summed E-state index contributed by atoms with van der Waals surface area (Å²) in [5, 5.41) is 6.17. The minimum atomic E-state index is -0.229. The average molecular weight is 304 g/mol. The van der Waals surface area contributed by atoms with Crippen molar-refractivity contribution in [3.8, 4) is 10.6 Å². The smallest absolute Gasteiger partial charge is 0.272 e. The van der Waals surface area contributed by atoms with Crippen molar-refractivity contribution in [2.45, 2.75) is 0 Å². The zero-order chi connectivity index (χ0) is 13.9. The highest BCUT2D eigenvalue weighted by atomic mass is 35.5. The Bertz CT molecular complexity index is 736. The van der Waals surface area contributed by atoms with Gasteiger partial charge >= 0.3 is 0 Å². The molecule has 3 rings (SSSR count). The molecule has 100 valence electrons. The molecule has 0 saturated heterocycles. The van der Waals surface area contributed by atoms with Crippen LogP contribution in [0, 0.1) is 0 Å². The predicted molar refractivity (Wildman–Crippen MR) is 81.3 cm³/mol. The van der Waals surface area contributed by atoms with Crippen LogP contribution in [0.4, 0.5) is 5.69 Å². The Morgan fingerprint density at radius 2 is 2.25 bits per heavy atom. The first-order valence-electron chi connectivity index (χ1n) is 5.87. The van der Waals surface area contributed by atoms with Crippen molar-refractivity contribution in [1.29, 1.82) is 0 Å². The quantitative estimate of drug-likeness (QED) is 0.767. The van der Waals surface area contributed by atoms with E-state index in [0.717, 1.165) is 10.6 Å². The van der Waals surface area contributed by atoms with Crippen molar-refractivity contribution in [3.63, 3.8) is 0 Å². The van der Waals surface area contributed by atoms with Gasteiger partial charge in [-0.1, -0.05) is 23.7 Å². The van der Waals surface area contributed by atoms with E-state index in [-0.39, 0.29) is 5.91 Å². The van der Waals surface area contributed by atoms with Gasteiger partial charge in [0.25, 0.3) is 5.91 Å². The molecule has 0 spiro atoms. The van der Waals surface area contributed by atoms with E-state index in [1.165, 1.54) is 0 Å². The van der Waals surface area contributed by atoms with Crippen LogP contribution in [0.1, 0.15) is 10.5 Å². The molecule has 2 aromatic heterocycles. The molecule has 0 aliphatic carbocycles. The summed E-state index contributed by atoms with van der Waals surface area (Å²) in [6.45, 7) is 0. The molecule has 1 aromatic carbocycles. The van der Waals surface area contributed by atoms with Crippen LogP contribution in [0.15, 0.2) is 48.1 Å². The lowest BCUT2D eigenvalue weighted by atomic mass is 10.2. The first-order valence-corrected chi connectivity index (χ1v) is 7.13. The molecule has 20 heavy (non-hydrogen) atoms. The molecule has 4 nitrogen and oxygen atoms in total. The molecule has 0 aliphatic heterocycles. The van der Waals surface area contributed by atoms with E-state index in [2.05, 4.69) is 15.3 Å². The Balaban J connectivity index is 1.81. The lowest BCUT2D eigenvalue weighted by Gasteiger charge is -2.05. The van der Waals surface area contributed by atoms with Gasteiger partial charge in [-0.2, -0.15) is 0 Å². The number of carbonyl (C=O) groups is 1. The minimum Gasteiger partial charge on any atom is -0.356 e. The van der Waals surface area contributed by atoms with Gasteiger partial charge in [0.2, 0.25) is 0 Å². The van der Waals surface area contributed by atoms with Gasteiger partial charge in [-0.15, -0.1) is 11.3 Å². The Morgan fingerprint density at radius 1 is 1.35 bits per heavy atom. The van der Waals surface area contributed by atoms with Crippen LogP contribution in [0.5, 0.6) is 0 Å². The second kappa shape index (κ2) is 5.48. The third-order valence-corrected chi connectivity index (χ3v) is 3.73. The van der Waals surface area contributed by atoms with Crippen LogP contribution < -0.4 is 5.32 Å². The number of amides is 1. The van der Waals surface area contributed by atoms with Crippen LogP contribution in [-0.4, -0.2) is 15.9 Å². The molecule has 2 N–H and O–H groups in total. The van der Waals surface area contributed by atoms with E-state index in [9.17, 15) is 4.79 Å². The Labute approximate surface area is 124 Å². The molecule has 0 saturated carbocycles. The fourth-order valence-corrected chi connectivity index (χ4v) is 2.59. The zero-order valence-electron chi connectivity index (χ0n) is 10.3. The largest absolute Gasteiger partial charge is 0.356 e. The lowest BCUT2D eigenvalue weighted by Crippen LogP contribution is -2.12. The summed E-state index contributed by atoms with van der Waals surface area (Å²) in [4.78, 5) is 19.1. The minimum absolute atomic E-state index is 0.229. The SMILES string of the molecule is O=C(Nc1cccc(-c2nccs2)c1)c1cc(Cl)c[nH]1. The number of aromatic amines is 1. The van der Waals surface area contributed by atoms with E-state index in [4.69, 9.17) is 11.6 Å². The molecule has 6 heteroatoms. The molecule has 0 bridgehead atoms. The van der Waals surface area contributed by atoms with Gasteiger partial charge in [-0.05, 0) is 18.2 Å². The second-order valence-corrected chi connectivity index (χ2v) is 5.43. The van der Waals surface area contributed by atoms with Gasteiger partial charge in [-0.3, -0.25) is 4.79 Å². The van der Waals surface area contributed by atoms with E-state index in [1.54, 1.807) is 29.8 Å². The monoisotopic (exact) mass is 303 g/mol. The molecule has 0 fully saturated rings. The summed E-state index contributed by atoms with van der Waals surface area (Å²) < 4.78 is 0. The molecule has 0 aliphatic rings. The number of nitrogens with zero attached hydrogens (tertiary/aromatic N) is 1. The molecule has 1 amide bonds. The number of rotatable bonds is 3. The van der Waals surface area contributed by atoms with Gasteiger partial charge in [0, 0.05) is 29.0 Å². The first kappa shape index (κ1) is 12.9. The lowest BCUT2D eigenvalue weighted by molar-refractivity contribution is 0.102. The van der Waals surface area contributed by atoms with Crippen LogP contribution in [0.25, 0.3) is 10.6 Å². The fraction of sp³-hybridized carbons (Fsp3) is 0. The summed E-state index contributed by atoms with van der Waals surface area (Å²) in [5.74, 6) is -0.229. The maximum absolute atomic E-state index is 12.0. The van der Waals surface area contributed by atoms with Crippen molar-refractivity contribution in [2.24, 2.45) is 0 Å². The topological polar surface area (TPSA) is 57.8 Å². The summed E-state index contributed by atoms with van der Waals surface area (Å²) in [5.41, 5.74) is 2.12. The Morgan fingerprint density at radius 3 is 2.95 bits per heavy atom. The van der Waals surface area contributed by atoms with Gasteiger partial charge in [0.15, 0.2) is 0 Å². The van der Waals surface area contributed by atoms with E-state index in [0.29, 0.717) is 16.4 Å². The van der Waals surface area contributed by atoms with Crippen LogP contribution >= 0.6 is 22.9 Å². The number of benzene rings is 1. The van der Waals surface area contributed by atoms with Crippen molar-refractivity contribution < 1.29 is 4.79 Å². The molecule has 0 radical (unpaired) electrons. The maximum Gasteiger partial charge on any atom is 0.272 e. The number of nitrogens with one attached hydrogen (secondary N) is 2. The predicted octanol–water partition coefficient (Wildman–Crippen LogP) is 4.04. The van der Waals surface area contributed by atoms with Crippen LogP contribution in [0.2, 0.25) is 5.02 Å². The third kappa shape index (κ3) is 2.74. The number of thiazole rings is 1. The summed E-state index contributed by atoms with van der Waals surface area (Å²) in [7, 11) is 0. The van der Waals surface area contributed by atoms with E-state index >= 15 is 0 Å². The van der Waals surface area contributed by atoms with Crippen molar-refractivity contribution in [1.82, 2.24) is 9.97 Å². The number of H-pyrrole nitrogens is 1. The van der Waals surface area contributed by atoms with Crippen LogP contribution in [-0.2, 0) is 0 Å². The second-order valence-electron chi connectivity index (χ2n) is 4.10. The maximum atomic E-state index is 12.0. The highest BCUT2D eigenvalue weighted by molar-refractivity contribution is 7.13. The van der Waals surface area contributed by atoms with Gasteiger partial charge in [-0.25, -0.2) is 4.98 Å². The Kier molecular flexibility index (Phi) is 3.54. The molecular weight excluding hydrogens is 294 g/mol. The number of aromatic nitrogens is 2. The molecule has 0 atom stereocenters.